The van der Waals surface area contributed by atoms with Gasteiger partial charge in [0.2, 0.25) is 0 Å². The van der Waals surface area contributed by atoms with Crippen molar-refractivity contribution in [1.29, 1.82) is 0 Å². The van der Waals surface area contributed by atoms with E-state index in [0.717, 1.165) is 112 Å². The van der Waals surface area contributed by atoms with Crippen molar-refractivity contribution in [3.63, 3.8) is 0 Å². The Morgan fingerprint density at radius 1 is 0.316 bits per heavy atom. The minimum absolute atomic E-state index is 0. The van der Waals surface area contributed by atoms with Crippen LogP contribution in [0, 0.1) is 0 Å². The van der Waals surface area contributed by atoms with Gasteiger partial charge in [-0.2, -0.15) is 0 Å². The monoisotopic (exact) mass is 770 g/mol. The van der Waals surface area contributed by atoms with Crippen LogP contribution in [0.1, 0.15) is 22.8 Å². The minimum atomic E-state index is 0. The van der Waals surface area contributed by atoms with Crippen LogP contribution in [-0.2, 0) is 0 Å². The lowest BCUT2D eigenvalue weighted by Crippen LogP contribution is -1.90. The first-order valence-electron chi connectivity index (χ1n) is 18.3. The maximum Gasteiger partial charge on any atom is 0.118 e. The Balaban J connectivity index is 0.00000455. The Morgan fingerprint density at radius 2 is 0.526 bits per heavy atom. The lowest BCUT2D eigenvalue weighted by atomic mass is 10.0. The molecule has 0 saturated carbocycles. The van der Waals surface area contributed by atoms with Crippen molar-refractivity contribution < 1.29 is 18.9 Å². The van der Waals surface area contributed by atoms with Gasteiger partial charge in [-0.05, 0) is 119 Å². The summed E-state index contributed by atoms with van der Waals surface area (Å²) in [5.41, 5.74) is 14.8. The second kappa shape index (κ2) is 15.6. The Kier molecular flexibility index (Phi) is 10.1. The van der Waals surface area contributed by atoms with Crippen molar-refractivity contribution in [3.8, 4) is 67.5 Å². The number of ether oxygens (including phenoxy) is 4. The van der Waals surface area contributed by atoms with Crippen LogP contribution >= 0.6 is 12.4 Å². The number of halogens is 1. The molecule has 0 saturated heterocycles. The molecule has 8 bridgehead atoms. The number of methoxy groups -OCH3 is 4. The van der Waals surface area contributed by atoms with E-state index in [0.29, 0.717) is 0 Å². The van der Waals surface area contributed by atoms with Crippen LogP contribution in [0.15, 0.2) is 121 Å². The first-order valence-corrected chi connectivity index (χ1v) is 18.3. The van der Waals surface area contributed by atoms with Crippen molar-refractivity contribution in [2.45, 2.75) is 0 Å². The summed E-state index contributed by atoms with van der Waals surface area (Å²) >= 11 is 0. The molecule has 2 N–H and O–H groups in total. The number of fused-ring (bicyclic) bond motifs is 8. The molecule has 0 aliphatic carbocycles. The highest BCUT2D eigenvalue weighted by Crippen LogP contribution is 2.39. The van der Waals surface area contributed by atoms with Crippen molar-refractivity contribution >= 4 is 58.8 Å². The fourth-order valence-corrected chi connectivity index (χ4v) is 7.45. The molecule has 5 heterocycles. The normalized spacial score (nSPS) is 11.6. The molecule has 9 heteroatoms. The molecule has 8 nitrogen and oxygen atoms in total. The molecule has 7 aromatic rings. The third-order valence-electron chi connectivity index (χ3n) is 10.3. The van der Waals surface area contributed by atoms with Gasteiger partial charge in [-0.25, -0.2) is 9.97 Å². The highest BCUT2D eigenvalue weighted by Gasteiger charge is 2.19. The SMILES string of the molecule is COc1ccc(-c2c3nc(c(-c4ccc(OC)cc4)c4ccc([nH]4)c(-c4ccc(OC)cc4)c4nc(c(-c5ccc(OC)cc5)c5ccc2[nH]5)C=C4)C=C3)cc1.Cl. The fraction of sp³-hybridized carbons (Fsp3) is 0.0833. The van der Waals surface area contributed by atoms with Crippen molar-refractivity contribution in [2.24, 2.45) is 0 Å². The number of hydrogen-bond acceptors (Lipinski definition) is 6. The van der Waals surface area contributed by atoms with Crippen LogP contribution in [0.5, 0.6) is 23.0 Å². The van der Waals surface area contributed by atoms with Gasteiger partial charge in [0.25, 0.3) is 0 Å². The minimum Gasteiger partial charge on any atom is -0.497 e. The van der Waals surface area contributed by atoms with Gasteiger partial charge in [-0.1, -0.05) is 48.5 Å². The quantitative estimate of drug-likeness (QED) is 0.160. The second-order valence-corrected chi connectivity index (χ2v) is 13.4. The van der Waals surface area contributed by atoms with E-state index in [1.54, 1.807) is 28.4 Å². The fourth-order valence-electron chi connectivity index (χ4n) is 7.45. The van der Waals surface area contributed by atoms with E-state index in [-0.39, 0.29) is 12.4 Å². The number of aromatic amines is 2. The topological polar surface area (TPSA) is 94.3 Å². The zero-order valence-corrected chi connectivity index (χ0v) is 32.6. The van der Waals surface area contributed by atoms with Gasteiger partial charge in [-0.15, -0.1) is 12.4 Å². The van der Waals surface area contributed by atoms with Gasteiger partial charge in [0, 0.05) is 44.3 Å². The molecule has 0 unspecified atom stereocenters. The Morgan fingerprint density at radius 3 is 0.719 bits per heavy atom. The van der Waals surface area contributed by atoms with E-state index < -0.39 is 0 Å². The first kappa shape index (κ1) is 36.9. The summed E-state index contributed by atoms with van der Waals surface area (Å²) in [6.07, 6.45) is 8.37. The summed E-state index contributed by atoms with van der Waals surface area (Å²) in [5, 5.41) is 0. The number of benzene rings is 4. The van der Waals surface area contributed by atoms with Crippen LogP contribution in [0.3, 0.4) is 0 Å². The number of nitrogens with zero attached hydrogens (tertiary/aromatic N) is 2. The first-order chi connectivity index (χ1) is 27.5. The molecule has 0 amide bonds. The Bertz CT molecular complexity index is 2440. The van der Waals surface area contributed by atoms with Crippen LogP contribution in [0.4, 0.5) is 0 Å². The van der Waals surface area contributed by atoms with Crippen LogP contribution in [0.25, 0.3) is 90.9 Å². The lowest BCUT2D eigenvalue weighted by Gasteiger charge is -2.08. The summed E-state index contributed by atoms with van der Waals surface area (Å²) in [4.78, 5) is 18.4. The largest absolute Gasteiger partial charge is 0.497 e. The van der Waals surface area contributed by atoms with Gasteiger partial charge in [-0.3, -0.25) is 0 Å². The van der Waals surface area contributed by atoms with E-state index in [4.69, 9.17) is 28.9 Å². The summed E-state index contributed by atoms with van der Waals surface area (Å²) in [6, 6.07) is 40.9. The predicted octanol–water partition coefficient (Wildman–Crippen LogP) is 11.8. The average molecular weight is 771 g/mol. The summed E-state index contributed by atoms with van der Waals surface area (Å²) in [7, 11) is 6.71. The third-order valence-corrected chi connectivity index (χ3v) is 10.3. The molecule has 9 rings (SSSR count). The van der Waals surface area contributed by atoms with Gasteiger partial charge >= 0.3 is 0 Å². The zero-order chi connectivity index (χ0) is 38.2. The number of rotatable bonds is 8. The molecule has 2 aliphatic rings. The van der Waals surface area contributed by atoms with Gasteiger partial charge in [0.05, 0.1) is 51.2 Å². The number of aromatic nitrogens is 4. The van der Waals surface area contributed by atoms with E-state index in [1.165, 1.54) is 0 Å². The van der Waals surface area contributed by atoms with Crippen molar-refractivity contribution in [1.82, 2.24) is 19.9 Å². The highest BCUT2D eigenvalue weighted by atomic mass is 35.5. The van der Waals surface area contributed by atoms with E-state index in [9.17, 15) is 0 Å². The lowest BCUT2D eigenvalue weighted by molar-refractivity contribution is 0.415. The second-order valence-electron chi connectivity index (χ2n) is 13.4. The van der Waals surface area contributed by atoms with Crippen LogP contribution in [0.2, 0.25) is 0 Å². The predicted molar refractivity (Wildman–Crippen MR) is 234 cm³/mol. The van der Waals surface area contributed by atoms with Crippen LogP contribution in [-0.4, -0.2) is 48.4 Å². The smallest absolute Gasteiger partial charge is 0.118 e. The van der Waals surface area contributed by atoms with E-state index in [1.807, 2.05) is 48.5 Å². The maximum atomic E-state index is 5.53. The molecular weight excluding hydrogens is 732 g/mol. The van der Waals surface area contributed by atoms with Crippen LogP contribution < -0.4 is 18.9 Å². The molecular formula is C48H39ClN4O4. The molecule has 57 heavy (non-hydrogen) atoms. The average Bonchev–Trinajstić information content (AvgIpc) is 4.10. The van der Waals surface area contributed by atoms with Gasteiger partial charge in [0.15, 0.2) is 0 Å². The molecule has 0 fully saturated rings. The molecule has 0 radical (unpaired) electrons. The standard InChI is InChI=1S/C48H38N4O4.ClH/c1-53-33-13-5-29(6-14-33)45-37-21-23-39(49-37)46(30-7-15-34(54-2)16-8-30)41-25-27-43(51-41)48(32-11-19-36(56-4)20-12-32)44-28-26-42(52-44)47(40-24-22-38(45)50-40)31-9-17-35(55-3)18-10-31;/h5-28,49,52H,1-4H3;1H. The molecule has 282 valence electrons. The maximum absolute atomic E-state index is 5.53. The van der Waals surface area contributed by atoms with E-state index >= 15 is 0 Å². The zero-order valence-electron chi connectivity index (χ0n) is 31.8. The highest BCUT2D eigenvalue weighted by molar-refractivity contribution is 6.00. The van der Waals surface area contributed by atoms with Crippen molar-refractivity contribution in [2.75, 3.05) is 28.4 Å². The molecule has 4 aromatic carbocycles. The summed E-state index contributed by atoms with van der Waals surface area (Å²) in [5.74, 6) is 3.12. The molecule has 2 aliphatic heterocycles. The van der Waals surface area contributed by atoms with E-state index in [2.05, 4.69) is 107 Å². The molecule has 3 aromatic heterocycles. The molecule has 0 spiro atoms. The number of hydrogen-bond donors (Lipinski definition) is 2. The number of nitrogens with one attached hydrogen (secondary N) is 2. The summed E-state index contributed by atoms with van der Waals surface area (Å²) < 4.78 is 22.1. The third kappa shape index (κ3) is 6.92. The van der Waals surface area contributed by atoms with Gasteiger partial charge in [0.1, 0.15) is 23.0 Å². The Hall–Kier alpha value is -7.03. The Labute approximate surface area is 336 Å². The summed E-state index contributed by atoms with van der Waals surface area (Å²) in [6.45, 7) is 0. The van der Waals surface area contributed by atoms with Crippen molar-refractivity contribution in [3.05, 3.63) is 144 Å². The molecule has 0 atom stereocenters. The van der Waals surface area contributed by atoms with Gasteiger partial charge < -0.3 is 28.9 Å². The number of H-pyrrole nitrogens is 2.